The highest BCUT2D eigenvalue weighted by Gasteiger charge is 2.32. The summed E-state index contributed by atoms with van der Waals surface area (Å²) in [5.41, 5.74) is 7.22. The molecular weight excluding hydrogens is 797 g/mol. The Balaban J connectivity index is 1.76. The van der Waals surface area contributed by atoms with Crippen LogP contribution in [0.1, 0.15) is 37.5 Å². The monoisotopic (exact) mass is 848 g/mol. The van der Waals surface area contributed by atoms with Crippen molar-refractivity contribution < 1.29 is 48.6 Å². The van der Waals surface area contributed by atoms with Gasteiger partial charge in [0.25, 0.3) is 0 Å². The number of phenolic OH excluding ortho intramolecular Hbond substituents is 1. The highest BCUT2D eigenvalue weighted by molar-refractivity contribution is 7.80. The molecule has 0 aromatic heterocycles. The average Bonchev–Trinajstić information content (AvgIpc) is 3.22. The van der Waals surface area contributed by atoms with E-state index in [9.17, 15) is 48.6 Å². The first-order chi connectivity index (χ1) is 28.5. The quantitative estimate of drug-likeness (QED) is 0.0537. The molecular formula is C41H52N8O10S. The number of carbonyl (C=O) groups is 8. The van der Waals surface area contributed by atoms with Gasteiger partial charge in [0, 0.05) is 25.0 Å². The van der Waals surface area contributed by atoms with Gasteiger partial charge in [-0.2, -0.15) is 12.6 Å². The Bertz CT molecular complexity index is 1960. The molecule has 0 spiro atoms. The standard InChI is InChI=1S/C41H52N8O10S/c1-23(43-34(51)21-42)36(53)46-31(18-26-10-6-4-7-11-26)39(56)48-30(20-28-14-16-29(50)17-15-28)38(55)45-24(2)35(52)44-25(3)37(54)47-32(19-27-12-8-5-9-13-27)40(57)49-33(22-60)41(58)59/h4-17,23-25,30-33,50,60H,18-22,42H2,1-3H3,(H,43,51)(H,44,52)(H,45,55)(H,46,53)(H,47,54)(H,48,56)(H,49,57)(H,58,59)/t23-,24-,25-,30-,31-,32-,33-/m0/s1. The van der Waals surface area contributed by atoms with Gasteiger partial charge in [0.15, 0.2) is 0 Å². The number of hydrogen-bond donors (Lipinski definition) is 11. The topological polar surface area (TPSA) is 287 Å². The molecule has 3 rings (SSSR count). The van der Waals surface area contributed by atoms with Crippen molar-refractivity contribution in [2.24, 2.45) is 5.73 Å². The van der Waals surface area contributed by atoms with E-state index in [1.807, 2.05) is 0 Å². The third-order valence-corrected chi connectivity index (χ3v) is 9.46. The lowest BCUT2D eigenvalue weighted by Gasteiger charge is -2.26. The van der Waals surface area contributed by atoms with Crippen molar-refractivity contribution in [3.63, 3.8) is 0 Å². The lowest BCUT2D eigenvalue weighted by Crippen LogP contribution is -2.59. The summed E-state index contributed by atoms with van der Waals surface area (Å²) in [6, 6.07) is 14.6. The summed E-state index contributed by atoms with van der Waals surface area (Å²) >= 11 is 3.97. The fourth-order valence-electron chi connectivity index (χ4n) is 5.67. The number of hydrogen-bond acceptors (Lipinski definition) is 11. The number of thiol groups is 1. The molecule has 7 atom stereocenters. The number of amides is 7. The Hall–Kier alpha value is -6.47. The van der Waals surface area contributed by atoms with Gasteiger partial charge in [-0.1, -0.05) is 72.8 Å². The molecule has 322 valence electrons. The first-order valence-corrected chi connectivity index (χ1v) is 19.7. The minimum absolute atomic E-state index is 0.00164. The zero-order valence-corrected chi connectivity index (χ0v) is 34.2. The van der Waals surface area contributed by atoms with E-state index in [-0.39, 0.29) is 37.3 Å². The van der Waals surface area contributed by atoms with Crippen LogP contribution in [0.4, 0.5) is 0 Å². The summed E-state index contributed by atoms with van der Waals surface area (Å²) in [6.45, 7) is 3.76. The second-order valence-electron chi connectivity index (χ2n) is 14.0. The number of aromatic hydroxyl groups is 1. The van der Waals surface area contributed by atoms with Crippen molar-refractivity contribution in [1.82, 2.24) is 37.2 Å². The smallest absolute Gasteiger partial charge is 0.327 e. The first-order valence-electron chi connectivity index (χ1n) is 19.0. The van der Waals surface area contributed by atoms with Crippen LogP contribution >= 0.6 is 12.6 Å². The fraction of sp³-hybridized carbons (Fsp3) is 0.366. The van der Waals surface area contributed by atoms with E-state index in [4.69, 9.17) is 5.73 Å². The zero-order chi connectivity index (χ0) is 44.4. The molecule has 0 aliphatic heterocycles. The summed E-state index contributed by atoms with van der Waals surface area (Å²) in [7, 11) is 0. The third kappa shape index (κ3) is 15.7. The lowest BCUT2D eigenvalue weighted by molar-refractivity contribution is -0.141. The molecule has 3 aromatic rings. The molecule has 11 N–H and O–H groups in total. The Morgan fingerprint density at radius 1 is 0.500 bits per heavy atom. The van der Waals surface area contributed by atoms with Crippen LogP contribution in [0, 0.1) is 0 Å². The molecule has 7 amide bonds. The molecule has 0 saturated carbocycles. The van der Waals surface area contributed by atoms with Crippen molar-refractivity contribution in [3.05, 3.63) is 102 Å². The SMILES string of the molecule is C[C@H](NC(=O)CN)C(=O)N[C@@H](Cc1ccccc1)C(=O)N[C@@H](Cc1ccc(O)cc1)C(=O)N[C@@H](C)C(=O)N[C@@H](C)C(=O)N[C@@H](Cc1ccccc1)C(=O)N[C@@H](CS)C(=O)O. The van der Waals surface area contributed by atoms with Gasteiger partial charge in [0.1, 0.15) is 48.0 Å². The van der Waals surface area contributed by atoms with E-state index in [0.29, 0.717) is 16.7 Å². The van der Waals surface area contributed by atoms with Crippen molar-refractivity contribution in [3.8, 4) is 5.75 Å². The van der Waals surface area contributed by atoms with Crippen molar-refractivity contribution in [1.29, 1.82) is 0 Å². The van der Waals surface area contributed by atoms with Gasteiger partial charge >= 0.3 is 5.97 Å². The van der Waals surface area contributed by atoms with Gasteiger partial charge in [-0.05, 0) is 49.6 Å². The van der Waals surface area contributed by atoms with E-state index >= 15 is 0 Å². The van der Waals surface area contributed by atoms with E-state index < -0.39 is 89.6 Å². The molecule has 19 heteroatoms. The third-order valence-electron chi connectivity index (χ3n) is 9.10. The van der Waals surface area contributed by atoms with Crippen LogP contribution in [0.2, 0.25) is 0 Å². The predicted molar refractivity (Wildman–Crippen MR) is 223 cm³/mol. The molecule has 0 unspecified atom stereocenters. The van der Waals surface area contributed by atoms with Crippen LogP contribution < -0.4 is 43.0 Å². The number of phenols is 1. The van der Waals surface area contributed by atoms with Gasteiger partial charge in [-0.25, -0.2) is 4.79 Å². The first kappa shape index (κ1) is 47.9. The predicted octanol–water partition coefficient (Wildman–Crippen LogP) is -1.15. The molecule has 0 saturated heterocycles. The molecule has 0 heterocycles. The van der Waals surface area contributed by atoms with Crippen molar-refractivity contribution in [2.45, 2.75) is 82.3 Å². The second-order valence-corrected chi connectivity index (χ2v) is 14.3. The number of nitrogens with one attached hydrogen (secondary N) is 7. The maximum absolute atomic E-state index is 13.9. The molecule has 0 aliphatic rings. The number of carbonyl (C=O) groups excluding carboxylic acids is 7. The normalized spacial score (nSPS) is 14.3. The van der Waals surface area contributed by atoms with E-state index in [2.05, 4.69) is 49.8 Å². The second kappa shape index (κ2) is 23.8. The molecule has 0 radical (unpaired) electrons. The molecule has 0 bridgehead atoms. The molecule has 18 nitrogen and oxygen atoms in total. The molecule has 3 aromatic carbocycles. The minimum atomic E-state index is -1.33. The maximum Gasteiger partial charge on any atom is 0.327 e. The minimum Gasteiger partial charge on any atom is -0.508 e. The fourth-order valence-corrected chi connectivity index (χ4v) is 5.92. The van der Waals surface area contributed by atoms with Gasteiger partial charge < -0.3 is 53.2 Å². The number of carboxylic acid groups (broad SMARTS) is 1. The van der Waals surface area contributed by atoms with E-state index in [0.717, 1.165) is 0 Å². The number of benzene rings is 3. The summed E-state index contributed by atoms with van der Waals surface area (Å²) in [5, 5.41) is 36.9. The van der Waals surface area contributed by atoms with Crippen molar-refractivity contribution in [2.75, 3.05) is 12.3 Å². The molecule has 0 aliphatic carbocycles. The Labute approximate surface area is 352 Å². The Kier molecular flexibility index (Phi) is 19.0. The van der Waals surface area contributed by atoms with Gasteiger partial charge in [-0.15, -0.1) is 0 Å². The van der Waals surface area contributed by atoms with Crippen LogP contribution in [0.3, 0.4) is 0 Å². The summed E-state index contributed by atoms with van der Waals surface area (Å²) in [6.07, 6.45) is -0.107. The summed E-state index contributed by atoms with van der Waals surface area (Å²) in [5.74, 6) is -6.76. The van der Waals surface area contributed by atoms with Crippen LogP contribution in [-0.2, 0) is 57.6 Å². The number of nitrogens with two attached hydrogens (primary N) is 1. The highest BCUT2D eigenvalue weighted by atomic mass is 32.1. The van der Waals surface area contributed by atoms with Crippen LogP contribution in [0.5, 0.6) is 5.75 Å². The van der Waals surface area contributed by atoms with Gasteiger partial charge in [0.05, 0.1) is 6.54 Å². The maximum atomic E-state index is 13.9. The van der Waals surface area contributed by atoms with Gasteiger partial charge in [-0.3, -0.25) is 33.6 Å². The lowest BCUT2D eigenvalue weighted by atomic mass is 10.0. The summed E-state index contributed by atoms with van der Waals surface area (Å²) < 4.78 is 0. The molecule has 60 heavy (non-hydrogen) atoms. The zero-order valence-electron chi connectivity index (χ0n) is 33.3. The largest absolute Gasteiger partial charge is 0.508 e. The number of rotatable bonds is 22. The van der Waals surface area contributed by atoms with Crippen LogP contribution in [0.15, 0.2) is 84.9 Å². The van der Waals surface area contributed by atoms with Gasteiger partial charge in [0.2, 0.25) is 41.4 Å². The highest BCUT2D eigenvalue weighted by Crippen LogP contribution is 2.13. The number of carboxylic acids is 1. The van der Waals surface area contributed by atoms with Crippen molar-refractivity contribution >= 4 is 59.9 Å². The Morgan fingerprint density at radius 2 is 0.833 bits per heavy atom. The number of aliphatic carboxylic acids is 1. The summed E-state index contributed by atoms with van der Waals surface area (Å²) in [4.78, 5) is 104. The Morgan fingerprint density at radius 3 is 1.23 bits per heavy atom. The van der Waals surface area contributed by atoms with E-state index in [1.54, 1.807) is 60.7 Å². The molecule has 0 fully saturated rings. The van der Waals surface area contributed by atoms with E-state index in [1.165, 1.54) is 45.0 Å². The van der Waals surface area contributed by atoms with Crippen LogP contribution in [-0.4, -0.2) is 112 Å². The van der Waals surface area contributed by atoms with Crippen LogP contribution in [0.25, 0.3) is 0 Å². The average molecular weight is 849 g/mol.